The molecule has 0 bridgehead atoms. The molecule has 0 aliphatic rings. The molecule has 3 N–H and O–H groups in total. The van der Waals surface area contributed by atoms with Crippen LogP contribution in [0.5, 0.6) is 0 Å². The number of amides is 1. The van der Waals surface area contributed by atoms with Gasteiger partial charge in [0.25, 0.3) is 0 Å². The minimum atomic E-state index is -0.867. The SMILES string of the molecule is CC/C=C\C/C=C\C/C=C\C/C=C\C/C=C\C/C=C\C/C=C\C/C=C\CCCCCCCCCCCCCCCCC(=O)NC(CO)C(O)/C=C/CC/C=C/CCCCCCCCC. The van der Waals surface area contributed by atoms with Crippen LogP contribution in [0.25, 0.3) is 0 Å². The van der Waals surface area contributed by atoms with Crippen LogP contribution >= 0.6 is 0 Å². The lowest BCUT2D eigenvalue weighted by molar-refractivity contribution is -0.123. The molecule has 0 spiro atoms. The molecule has 4 nitrogen and oxygen atoms in total. The van der Waals surface area contributed by atoms with Crippen LogP contribution < -0.4 is 5.32 Å². The van der Waals surface area contributed by atoms with Crippen LogP contribution in [0.15, 0.2) is 122 Å². The highest BCUT2D eigenvalue weighted by Gasteiger charge is 2.17. The van der Waals surface area contributed by atoms with E-state index in [9.17, 15) is 15.0 Å². The minimum absolute atomic E-state index is 0.0796. The quantitative estimate of drug-likeness (QED) is 0.0421. The minimum Gasteiger partial charge on any atom is -0.394 e. The molecule has 4 heteroatoms. The molecule has 0 fully saturated rings. The third-order valence-corrected chi connectivity index (χ3v) is 11.4. The van der Waals surface area contributed by atoms with Crippen LogP contribution in [0.4, 0.5) is 0 Å². The summed E-state index contributed by atoms with van der Waals surface area (Å²) in [6.45, 7) is 4.16. The molecule has 0 rings (SSSR count). The van der Waals surface area contributed by atoms with Gasteiger partial charge >= 0.3 is 0 Å². The van der Waals surface area contributed by atoms with Gasteiger partial charge in [-0.05, 0) is 96.3 Å². The van der Waals surface area contributed by atoms with Crippen molar-refractivity contribution in [3.63, 3.8) is 0 Å². The van der Waals surface area contributed by atoms with Crippen molar-refractivity contribution in [2.45, 2.75) is 244 Å². The normalized spacial score (nSPS) is 13.9. The van der Waals surface area contributed by atoms with Gasteiger partial charge in [0.2, 0.25) is 5.91 Å². The molecule has 64 heavy (non-hydrogen) atoms. The molecule has 0 radical (unpaired) electrons. The Bertz CT molecular complexity index is 1280. The van der Waals surface area contributed by atoms with Crippen LogP contribution in [0.1, 0.15) is 232 Å². The molecular formula is C60H101NO3. The summed E-state index contributed by atoms with van der Waals surface area (Å²) in [5.74, 6) is -0.0796. The molecule has 1 amide bonds. The highest BCUT2D eigenvalue weighted by molar-refractivity contribution is 5.76. The number of hydrogen-bond donors (Lipinski definition) is 3. The highest BCUT2D eigenvalue weighted by atomic mass is 16.3. The van der Waals surface area contributed by atoms with Crippen LogP contribution in [0, 0.1) is 0 Å². The first kappa shape index (κ1) is 60.8. The number of aliphatic hydroxyl groups is 2. The third kappa shape index (κ3) is 49.8. The van der Waals surface area contributed by atoms with Gasteiger partial charge in [-0.2, -0.15) is 0 Å². The molecule has 0 saturated heterocycles. The van der Waals surface area contributed by atoms with Gasteiger partial charge in [-0.25, -0.2) is 0 Å². The summed E-state index contributed by atoms with van der Waals surface area (Å²) in [5.41, 5.74) is 0. The zero-order valence-corrected chi connectivity index (χ0v) is 41.8. The van der Waals surface area contributed by atoms with Crippen molar-refractivity contribution in [2.75, 3.05) is 6.61 Å². The fourth-order valence-electron chi connectivity index (χ4n) is 7.39. The number of hydrogen-bond acceptors (Lipinski definition) is 3. The monoisotopic (exact) mass is 884 g/mol. The zero-order valence-electron chi connectivity index (χ0n) is 41.8. The lowest BCUT2D eigenvalue weighted by Gasteiger charge is -2.19. The first-order valence-electron chi connectivity index (χ1n) is 26.7. The molecule has 0 aromatic heterocycles. The van der Waals surface area contributed by atoms with Crippen molar-refractivity contribution in [1.29, 1.82) is 0 Å². The van der Waals surface area contributed by atoms with E-state index in [0.29, 0.717) is 6.42 Å². The van der Waals surface area contributed by atoms with Gasteiger partial charge in [-0.3, -0.25) is 4.79 Å². The Kier molecular flexibility index (Phi) is 51.4. The maximum atomic E-state index is 12.4. The van der Waals surface area contributed by atoms with Crippen LogP contribution in [0.3, 0.4) is 0 Å². The summed E-state index contributed by atoms with van der Waals surface area (Å²) in [6, 6.07) is -0.645. The Hall–Kier alpha value is -3.21. The van der Waals surface area contributed by atoms with Gasteiger partial charge in [0.1, 0.15) is 0 Å². The largest absolute Gasteiger partial charge is 0.394 e. The maximum Gasteiger partial charge on any atom is 0.220 e. The fraction of sp³-hybridized carbons (Fsp3) is 0.650. The van der Waals surface area contributed by atoms with E-state index in [-0.39, 0.29) is 12.5 Å². The maximum absolute atomic E-state index is 12.4. The third-order valence-electron chi connectivity index (χ3n) is 11.4. The Morgan fingerprint density at radius 3 is 1.09 bits per heavy atom. The summed E-state index contributed by atoms with van der Waals surface area (Å²) in [6.07, 6.45) is 83.5. The van der Waals surface area contributed by atoms with Crippen LogP contribution in [0.2, 0.25) is 0 Å². The van der Waals surface area contributed by atoms with Crippen molar-refractivity contribution >= 4 is 5.91 Å². The van der Waals surface area contributed by atoms with Crippen LogP contribution in [-0.2, 0) is 4.79 Å². The molecule has 0 aromatic rings. The van der Waals surface area contributed by atoms with Crippen molar-refractivity contribution in [1.82, 2.24) is 5.32 Å². The van der Waals surface area contributed by atoms with E-state index in [0.717, 1.165) is 83.5 Å². The molecule has 0 heterocycles. The molecule has 364 valence electrons. The predicted octanol–water partition coefficient (Wildman–Crippen LogP) is 17.7. The number of rotatable bonds is 47. The zero-order chi connectivity index (χ0) is 46.3. The Morgan fingerprint density at radius 2 is 0.703 bits per heavy atom. The lowest BCUT2D eigenvalue weighted by Crippen LogP contribution is -2.45. The summed E-state index contributed by atoms with van der Waals surface area (Å²) in [5, 5.41) is 23.0. The lowest BCUT2D eigenvalue weighted by atomic mass is 10.0. The number of aliphatic hydroxyl groups excluding tert-OH is 2. The number of carbonyl (C=O) groups excluding carboxylic acids is 1. The second-order valence-electron chi connectivity index (χ2n) is 17.6. The van der Waals surface area contributed by atoms with Gasteiger partial charge in [0, 0.05) is 6.42 Å². The van der Waals surface area contributed by atoms with Crippen molar-refractivity contribution in [2.24, 2.45) is 0 Å². The number of unbranched alkanes of at least 4 members (excludes halogenated alkanes) is 22. The van der Waals surface area contributed by atoms with Gasteiger partial charge in [0.05, 0.1) is 18.8 Å². The van der Waals surface area contributed by atoms with Gasteiger partial charge < -0.3 is 15.5 Å². The number of allylic oxidation sites excluding steroid dienone is 19. The summed E-state index contributed by atoms with van der Waals surface area (Å²) in [7, 11) is 0. The van der Waals surface area contributed by atoms with Crippen molar-refractivity contribution < 1.29 is 15.0 Å². The Balaban J connectivity index is 3.56. The van der Waals surface area contributed by atoms with E-state index in [1.807, 2.05) is 6.08 Å². The Morgan fingerprint density at radius 1 is 0.391 bits per heavy atom. The summed E-state index contributed by atoms with van der Waals surface area (Å²) >= 11 is 0. The first-order chi connectivity index (χ1) is 31.7. The standard InChI is InChI=1S/C60H101NO3/c1-3-5-7-9-11-13-15-17-18-19-20-21-22-23-24-25-26-27-28-29-30-31-32-33-34-35-36-37-38-39-40-41-42-44-46-48-50-52-54-56-60(64)61-58(57-62)59(63)55-53-51-49-47-45-43-16-14-12-10-8-6-4-2/h5,7,11,13,17-18,20-21,23-24,26-27,29-30,32-33,45,47,53,55,58-59,62-63H,3-4,6,8-10,12,14-16,19,22,25,28,31,34-44,46,48-52,54,56-57H2,1-2H3,(H,61,64)/b7-5-,13-11-,18-17-,21-20-,24-23-,27-26-,30-29-,33-32-,47-45+,55-53+. The number of nitrogens with one attached hydrogen (secondary N) is 1. The molecule has 0 aliphatic carbocycles. The molecule has 0 aromatic carbocycles. The van der Waals surface area contributed by atoms with Crippen molar-refractivity contribution in [3.8, 4) is 0 Å². The summed E-state index contributed by atoms with van der Waals surface area (Å²) in [4.78, 5) is 12.4. The van der Waals surface area contributed by atoms with Crippen molar-refractivity contribution in [3.05, 3.63) is 122 Å². The number of carbonyl (C=O) groups is 1. The topological polar surface area (TPSA) is 69.6 Å². The molecule has 2 unspecified atom stereocenters. The van der Waals surface area contributed by atoms with Gasteiger partial charge in [-0.15, -0.1) is 0 Å². The van der Waals surface area contributed by atoms with E-state index in [1.165, 1.54) is 128 Å². The smallest absolute Gasteiger partial charge is 0.220 e. The second-order valence-corrected chi connectivity index (χ2v) is 17.6. The van der Waals surface area contributed by atoms with E-state index in [1.54, 1.807) is 6.08 Å². The Labute approximate surface area is 397 Å². The van der Waals surface area contributed by atoms with E-state index in [4.69, 9.17) is 0 Å². The predicted molar refractivity (Wildman–Crippen MR) is 285 cm³/mol. The fourth-order valence-corrected chi connectivity index (χ4v) is 7.39. The molecule has 0 saturated carbocycles. The molecule has 2 atom stereocenters. The van der Waals surface area contributed by atoms with Gasteiger partial charge in [-0.1, -0.05) is 251 Å². The summed E-state index contributed by atoms with van der Waals surface area (Å²) < 4.78 is 0. The second kappa shape index (κ2) is 54.1. The van der Waals surface area contributed by atoms with E-state index in [2.05, 4.69) is 129 Å². The van der Waals surface area contributed by atoms with E-state index >= 15 is 0 Å². The first-order valence-corrected chi connectivity index (χ1v) is 26.7. The van der Waals surface area contributed by atoms with Gasteiger partial charge in [0.15, 0.2) is 0 Å². The van der Waals surface area contributed by atoms with Crippen LogP contribution in [-0.4, -0.2) is 34.9 Å². The molecule has 0 aliphatic heterocycles. The highest BCUT2D eigenvalue weighted by Crippen LogP contribution is 2.15. The average molecular weight is 884 g/mol. The average Bonchev–Trinajstić information content (AvgIpc) is 3.30. The molecular weight excluding hydrogens is 783 g/mol. The van der Waals surface area contributed by atoms with E-state index < -0.39 is 12.1 Å².